The van der Waals surface area contributed by atoms with E-state index in [-0.39, 0.29) is 12.3 Å². The van der Waals surface area contributed by atoms with E-state index in [4.69, 9.17) is 5.11 Å². The van der Waals surface area contributed by atoms with Crippen LogP contribution in [-0.2, 0) is 9.59 Å². The predicted octanol–water partition coefficient (Wildman–Crippen LogP) is 0.784. The summed E-state index contributed by atoms with van der Waals surface area (Å²) in [7, 11) is 0. The fourth-order valence-corrected chi connectivity index (χ4v) is 1.57. The molecule has 3 N–H and O–H groups in total. The van der Waals surface area contributed by atoms with Crippen LogP contribution >= 0.6 is 0 Å². The van der Waals surface area contributed by atoms with Crippen molar-refractivity contribution in [2.24, 2.45) is 0 Å². The molecule has 0 heterocycles. The Morgan fingerprint density at radius 2 is 1.75 bits per heavy atom. The summed E-state index contributed by atoms with van der Waals surface area (Å²) in [5.41, 5.74) is 0.442. The summed E-state index contributed by atoms with van der Waals surface area (Å²) in [5.74, 6) is -2.00. The largest absolute Gasteiger partial charge is 0.480 e. The van der Waals surface area contributed by atoms with Gasteiger partial charge in [0.15, 0.2) is 0 Å². The topological polar surface area (TPSA) is 95.5 Å². The first-order valence-electron chi connectivity index (χ1n) is 6.34. The molecule has 0 saturated heterocycles. The zero-order chi connectivity index (χ0) is 15.1. The maximum atomic E-state index is 11.8. The lowest BCUT2D eigenvalue weighted by Gasteiger charge is -2.17. The number of hydrogen-bond acceptors (Lipinski definition) is 3. The number of carboxylic acids is 1. The summed E-state index contributed by atoms with van der Waals surface area (Å²) in [4.78, 5) is 34.5. The molecule has 2 amide bonds. The number of benzene rings is 1. The minimum Gasteiger partial charge on any atom is -0.480 e. The zero-order valence-corrected chi connectivity index (χ0v) is 11.4. The first-order chi connectivity index (χ1) is 9.45. The Morgan fingerprint density at radius 3 is 2.25 bits per heavy atom. The van der Waals surface area contributed by atoms with E-state index in [0.29, 0.717) is 5.56 Å². The molecule has 1 rings (SSSR count). The van der Waals surface area contributed by atoms with Crippen LogP contribution in [-0.4, -0.2) is 35.0 Å². The summed E-state index contributed by atoms with van der Waals surface area (Å²) < 4.78 is 0. The molecule has 1 aromatic carbocycles. The molecular weight excluding hydrogens is 260 g/mol. The Labute approximate surface area is 117 Å². The zero-order valence-electron chi connectivity index (χ0n) is 11.4. The third-order valence-corrected chi connectivity index (χ3v) is 2.80. The van der Waals surface area contributed by atoms with Crippen molar-refractivity contribution in [1.29, 1.82) is 0 Å². The van der Waals surface area contributed by atoms with Gasteiger partial charge in [-0.15, -0.1) is 0 Å². The van der Waals surface area contributed by atoms with Crippen molar-refractivity contribution in [2.75, 3.05) is 0 Å². The molecule has 0 bridgehead atoms. The number of carboxylic acid groups (broad SMARTS) is 1. The SMILES string of the molecule is CCC(NC(=O)C(C)NC(=O)c1ccccc1)C(=O)O. The fraction of sp³-hybridized carbons (Fsp3) is 0.357. The second-order valence-electron chi connectivity index (χ2n) is 4.37. The van der Waals surface area contributed by atoms with Gasteiger partial charge in [0, 0.05) is 5.56 Å². The van der Waals surface area contributed by atoms with Crippen LogP contribution in [0.2, 0.25) is 0 Å². The molecule has 6 nitrogen and oxygen atoms in total. The van der Waals surface area contributed by atoms with Crippen molar-refractivity contribution in [1.82, 2.24) is 10.6 Å². The van der Waals surface area contributed by atoms with Crippen LogP contribution in [0.3, 0.4) is 0 Å². The maximum Gasteiger partial charge on any atom is 0.326 e. The van der Waals surface area contributed by atoms with Gasteiger partial charge in [0.05, 0.1) is 0 Å². The minimum absolute atomic E-state index is 0.278. The molecule has 108 valence electrons. The molecular formula is C14H18N2O4. The summed E-state index contributed by atoms with van der Waals surface area (Å²) >= 11 is 0. The van der Waals surface area contributed by atoms with E-state index in [9.17, 15) is 14.4 Å². The maximum absolute atomic E-state index is 11.8. The highest BCUT2D eigenvalue weighted by atomic mass is 16.4. The molecule has 0 aliphatic rings. The molecule has 2 atom stereocenters. The molecule has 0 aliphatic carbocycles. The van der Waals surface area contributed by atoms with E-state index in [2.05, 4.69) is 10.6 Å². The molecule has 0 saturated carbocycles. The number of aliphatic carboxylic acids is 1. The molecule has 20 heavy (non-hydrogen) atoms. The quantitative estimate of drug-likeness (QED) is 0.716. The van der Waals surface area contributed by atoms with Crippen molar-refractivity contribution in [3.8, 4) is 0 Å². The van der Waals surface area contributed by atoms with Gasteiger partial charge < -0.3 is 15.7 Å². The molecule has 1 aromatic rings. The van der Waals surface area contributed by atoms with Crippen LogP contribution in [0.25, 0.3) is 0 Å². The molecule has 0 spiro atoms. The van der Waals surface area contributed by atoms with Crippen LogP contribution in [0.1, 0.15) is 30.6 Å². The number of nitrogens with one attached hydrogen (secondary N) is 2. The van der Waals surface area contributed by atoms with Crippen molar-refractivity contribution in [3.63, 3.8) is 0 Å². The van der Waals surface area contributed by atoms with Gasteiger partial charge in [0.1, 0.15) is 12.1 Å². The molecule has 2 unspecified atom stereocenters. The highest BCUT2D eigenvalue weighted by Gasteiger charge is 2.22. The van der Waals surface area contributed by atoms with Gasteiger partial charge in [-0.3, -0.25) is 9.59 Å². The van der Waals surface area contributed by atoms with Crippen LogP contribution in [0.4, 0.5) is 0 Å². The van der Waals surface area contributed by atoms with Crippen LogP contribution in [0.15, 0.2) is 30.3 Å². The Morgan fingerprint density at radius 1 is 1.15 bits per heavy atom. The van der Waals surface area contributed by atoms with Crippen molar-refractivity contribution in [2.45, 2.75) is 32.4 Å². The van der Waals surface area contributed by atoms with E-state index >= 15 is 0 Å². The first kappa shape index (κ1) is 15.7. The van der Waals surface area contributed by atoms with Gasteiger partial charge in [-0.05, 0) is 25.5 Å². The van der Waals surface area contributed by atoms with Crippen LogP contribution in [0.5, 0.6) is 0 Å². The third kappa shape index (κ3) is 4.38. The average molecular weight is 278 g/mol. The summed E-state index contributed by atoms with van der Waals surface area (Å²) in [6.07, 6.45) is 0.278. The van der Waals surface area contributed by atoms with Gasteiger partial charge in [0.2, 0.25) is 5.91 Å². The summed E-state index contributed by atoms with van der Waals surface area (Å²) in [5, 5.41) is 13.8. The second-order valence-corrected chi connectivity index (χ2v) is 4.37. The molecule has 6 heteroatoms. The van der Waals surface area contributed by atoms with Gasteiger partial charge in [-0.2, -0.15) is 0 Å². The minimum atomic E-state index is -1.09. The number of carbonyl (C=O) groups excluding carboxylic acids is 2. The highest BCUT2D eigenvalue weighted by Crippen LogP contribution is 1.99. The Balaban J connectivity index is 2.58. The smallest absolute Gasteiger partial charge is 0.326 e. The number of hydrogen-bond donors (Lipinski definition) is 3. The van der Waals surface area contributed by atoms with Crippen molar-refractivity contribution >= 4 is 17.8 Å². The van der Waals surface area contributed by atoms with E-state index < -0.39 is 24.0 Å². The predicted molar refractivity (Wildman–Crippen MR) is 73.2 cm³/mol. The highest BCUT2D eigenvalue weighted by molar-refractivity contribution is 5.97. The van der Waals surface area contributed by atoms with E-state index in [1.54, 1.807) is 37.3 Å². The molecule has 0 fully saturated rings. The lowest BCUT2D eigenvalue weighted by molar-refractivity contribution is -0.142. The Bertz CT molecular complexity index is 487. The number of rotatable bonds is 6. The lowest BCUT2D eigenvalue weighted by atomic mass is 10.2. The lowest BCUT2D eigenvalue weighted by Crippen LogP contribution is -2.50. The van der Waals surface area contributed by atoms with Crippen LogP contribution < -0.4 is 10.6 Å². The van der Waals surface area contributed by atoms with Gasteiger partial charge in [-0.25, -0.2) is 4.79 Å². The first-order valence-corrected chi connectivity index (χ1v) is 6.34. The van der Waals surface area contributed by atoms with Gasteiger partial charge in [0.25, 0.3) is 5.91 Å². The molecule has 0 radical (unpaired) electrons. The second kappa shape index (κ2) is 7.28. The average Bonchev–Trinajstić information content (AvgIpc) is 2.44. The van der Waals surface area contributed by atoms with Crippen molar-refractivity contribution in [3.05, 3.63) is 35.9 Å². The normalized spacial score (nSPS) is 13.1. The van der Waals surface area contributed by atoms with Gasteiger partial charge in [-0.1, -0.05) is 25.1 Å². The Hall–Kier alpha value is -2.37. The standard InChI is InChI=1S/C14H18N2O4/c1-3-11(14(19)20)16-12(17)9(2)15-13(18)10-7-5-4-6-8-10/h4-9,11H,3H2,1-2H3,(H,15,18)(H,16,17)(H,19,20). The van der Waals surface area contributed by atoms with Crippen molar-refractivity contribution < 1.29 is 19.5 Å². The number of carbonyl (C=O) groups is 3. The molecule has 0 aliphatic heterocycles. The molecule has 0 aromatic heterocycles. The summed E-state index contributed by atoms with van der Waals surface area (Å²) in [6, 6.07) is 6.73. The summed E-state index contributed by atoms with van der Waals surface area (Å²) in [6.45, 7) is 3.16. The van der Waals surface area contributed by atoms with E-state index in [0.717, 1.165) is 0 Å². The third-order valence-electron chi connectivity index (χ3n) is 2.80. The number of amides is 2. The van der Waals surface area contributed by atoms with E-state index in [1.807, 2.05) is 0 Å². The fourth-order valence-electron chi connectivity index (χ4n) is 1.57. The van der Waals surface area contributed by atoms with E-state index in [1.165, 1.54) is 6.92 Å². The van der Waals surface area contributed by atoms with Gasteiger partial charge >= 0.3 is 5.97 Å². The van der Waals surface area contributed by atoms with Crippen LogP contribution in [0, 0.1) is 0 Å². The Kier molecular flexibility index (Phi) is 5.71. The monoisotopic (exact) mass is 278 g/mol.